The zero-order valence-electron chi connectivity index (χ0n) is 18.5. The van der Waals surface area contributed by atoms with E-state index in [2.05, 4.69) is 5.32 Å². The third-order valence-electron chi connectivity index (χ3n) is 5.33. The molecule has 0 aliphatic carbocycles. The summed E-state index contributed by atoms with van der Waals surface area (Å²) in [6.45, 7) is 4.32. The summed E-state index contributed by atoms with van der Waals surface area (Å²) in [6, 6.07) is 11.7. The van der Waals surface area contributed by atoms with Gasteiger partial charge in [-0.15, -0.1) is 0 Å². The average molecular weight is 425 g/mol. The lowest BCUT2D eigenvalue weighted by Crippen LogP contribution is -2.38. The van der Waals surface area contributed by atoms with Crippen molar-refractivity contribution >= 4 is 22.6 Å². The van der Waals surface area contributed by atoms with Crippen molar-refractivity contribution in [3.63, 3.8) is 0 Å². The third-order valence-corrected chi connectivity index (χ3v) is 5.33. The second kappa shape index (κ2) is 9.51. The summed E-state index contributed by atoms with van der Waals surface area (Å²) in [5, 5.41) is 3.45. The molecule has 1 aromatic heterocycles. The zero-order chi connectivity index (χ0) is 22.5. The van der Waals surface area contributed by atoms with E-state index in [0.717, 1.165) is 0 Å². The number of urea groups is 1. The first-order valence-corrected chi connectivity index (χ1v) is 10.2. The Balaban J connectivity index is 1.96. The van der Waals surface area contributed by atoms with Gasteiger partial charge in [0.15, 0.2) is 0 Å². The van der Waals surface area contributed by atoms with Gasteiger partial charge < -0.3 is 19.7 Å². The highest BCUT2D eigenvalue weighted by Gasteiger charge is 2.26. The molecule has 0 bridgehead atoms. The molecule has 0 saturated heterocycles. The van der Waals surface area contributed by atoms with Gasteiger partial charge in [0.1, 0.15) is 17.3 Å². The number of anilines is 1. The van der Waals surface area contributed by atoms with Crippen LogP contribution in [0.1, 0.15) is 32.1 Å². The van der Waals surface area contributed by atoms with Crippen LogP contribution in [-0.2, 0) is 6.54 Å². The van der Waals surface area contributed by atoms with Crippen molar-refractivity contribution < 1.29 is 14.3 Å². The van der Waals surface area contributed by atoms with Gasteiger partial charge in [-0.05, 0) is 37.6 Å². The molecule has 3 rings (SSSR count). The molecule has 0 radical (unpaired) electrons. The molecule has 164 valence electrons. The van der Waals surface area contributed by atoms with Gasteiger partial charge in [-0.3, -0.25) is 9.36 Å². The molecule has 2 aromatic carbocycles. The summed E-state index contributed by atoms with van der Waals surface area (Å²) in [5.74, 6) is 1.68. The van der Waals surface area contributed by atoms with Crippen molar-refractivity contribution in [2.45, 2.75) is 32.9 Å². The van der Waals surface area contributed by atoms with Crippen LogP contribution in [0.25, 0.3) is 10.9 Å². The van der Waals surface area contributed by atoms with E-state index in [4.69, 9.17) is 14.5 Å². The van der Waals surface area contributed by atoms with Crippen LogP contribution in [0.15, 0.2) is 47.3 Å². The number of aromatic nitrogens is 2. The van der Waals surface area contributed by atoms with Crippen LogP contribution < -0.4 is 20.3 Å². The maximum absolute atomic E-state index is 13.1. The van der Waals surface area contributed by atoms with Crippen molar-refractivity contribution in [2.75, 3.05) is 26.6 Å². The van der Waals surface area contributed by atoms with Crippen molar-refractivity contribution in [1.29, 1.82) is 0 Å². The van der Waals surface area contributed by atoms with Gasteiger partial charge in [0.05, 0.1) is 36.9 Å². The zero-order valence-corrected chi connectivity index (χ0v) is 18.5. The molecule has 2 amide bonds. The standard InChI is InChI=1S/C23H28N4O4/c1-6-19(21-24-17-11-9-8-10-16(17)22(28)27(21)7-2)26(3)23(29)25-18-13-12-15(30-4)14-20(18)31-5/h8-14,19H,6-7H2,1-5H3,(H,25,29). The number of rotatable bonds is 7. The van der Waals surface area contributed by atoms with Gasteiger partial charge in [0.2, 0.25) is 0 Å². The number of amides is 2. The number of nitrogens with zero attached hydrogens (tertiary/aromatic N) is 3. The summed E-state index contributed by atoms with van der Waals surface area (Å²) in [7, 11) is 4.79. The molecular formula is C23H28N4O4. The number of nitrogens with one attached hydrogen (secondary N) is 1. The molecule has 0 spiro atoms. The molecular weight excluding hydrogens is 396 g/mol. The number of carbonyl (C=O) groups is 1. The number of benzene rings is 2. The van der Waals surface area contributed by atoms with E-state index in [9.17, 15) is 9.59 Å². The first kappa shape index (κ1) is 22.1. The predicted molar refractivity (Wildman–Crippen MR) is 121 cm³/mol. The molecule has 8 nitrogen and oxygen atoms in total. The summed E-state index contributed by atoms with van der Waals surface area (Å²) < 4.78 is 12.2. The molecule has 31 heavy (non-hydrogen) atoms. The average Bonchev–Trinajstić information content (AvgIpc) is 2.80. The fourth-order valence-electron chi connectivity index (χ4n) is 3.62. The Hall–Kier alpha value is -3.55. The van der Waals surface area contributed by atoms with Gasteiger partial charge in [0, 0.05) is 19.7 Å². The molecule has 1 N–H and O–H groups in total. The molecule has 1 heterocycles. The Morgan fingerprint density at radius 1 is 1.16 bits per heavy atom. The number of carbonyl (C=O) groups excluding carboxylic acids is 1. The molecule has 1 unspecified atom stereocenters. The van der Waals surface area contributed by atoms with Crippen molar-refractivity contribution in [1.82, 2.24) is 14.5 Å². The summed E-state index contributed by atoms with van der Waals surface area (Å²) in [6.07, 6.45) is 0.592. The second-order valence-corrected chi connectivity index (χ2v) is 7.07. The lowest BCUT2D eigenvalue weighted by molar-refractivity contribution is 0.197. The van der Waals surface area contributed by atoms with Gasteiger partial charge in [-0.25, -0.2) is 9.78 Å². The topological polar surface area (TPSA) is 85.7 Å². The monoisotopic (exact) mass is 424 g/mol. The van der Waals surface area contributed by atoms with Crippen molar-refractivity contribution in [3.05, 3.63) is 58.6 Å². The number of hydrogen-bond acceptors (Lipinski definition) is 5. The molecule has 3 aromatic rings. The quantitative estimate of drug-likeness (QED) is 0.618. The fourth-order valence-corrected chi connectivity index (χ4v) is 3.62. The normalized spacial score (nSPS) is 11.8. The number of ether oxygens (including phenoxy) is 2. The number of methoxy groups -OCH3 is 2. The third kappa shape index (κ3) is 4.33. The molecule has 0 aliphatic rings. The minimum absolute atomic E-state index is 0.104. The van der Waals surface area contributed by atoms with Gasteiger partial charge in [-0.1, -0.05) is 19.1 Å². The number of hydrogen-bond donors (Lipinski definition) is 1. The smallest absolute Gasteiger partial charge is 0.322 e. The number of para-hydroxylation sites is 1. The highest BCUT2D eigenvalue weighted by Crippen LogP contribution is 2.30. The van der Waals surface area contributed by atoms with Crippen molar-refractivity contribution in [3.8, 4) is 11.5 Å². The maximum Gasteiger partial charge on any atom is 0.322 e. The molecule has 1 atom stereocenters. The highest BCUT2D eigenvalue weighted by molar-refractivity contribution is 5.91. The summed E-state index contributed by atoms with van der Waals surface area (Å²) >= 11 is 0. The first-order valence-electron chi connectivity index (χ1n) is 10.2. The Bertz CT molecular complexity index is 1140. The Morgan fingerprint density at radius 3 is 2.55 bits per heavy atom. The minimum atomic E-state index is -0.388. The molecule has 8 heteroatoms. The van der Waals surface area contributed by atoms with Crippen LogP contribution in [0.5, 0.6) is 11.5 Å². The van der Waals surface area contributed by atoms with Crippen LogP contribution in [0, 0.1) is 0 Å². The van der Waals surface area contributed by atoms with Crippen LogP contribution in [-0.4, -0.2) is 41.7 Å². The number of fused-ring (bicyclic) bond motifs is 1. The van der Waals surface area contributed by atoms with E-state index in [-0.39, 0.29) is 17.6 Å². The summed E-state index contributed by atoms with van der Waals surface area (Å²) in [5.41, 5.74) is 1.04. The minimum Gasteiger partial charge on any atom is -0.497 e. The highest BCUT2D eigenvalue weighted by atomic mass is 16.5. The Morgan fingerprint density at radius 2 is 1.90 bits per heavy atom. The van der Waals surface area contributed by atoms with Crippen LogP contribution in [0.2, 0.25) is 0 Å². The van der Waals surface area contributed by atoms with E-state index >= 15 is 0 Å². The predicted octanol–water partition coefficient (Wildman–Crippen LogP) is 4.05. The first-order chi connectivity index (χ1) is 14.9. The molecule has 0 saturated carbocycles. The van der Waals surface area contributed by atoms with Crippen LogP contribution in [0.3, 0.4) is 0 Å². The van der Waals surface area contributed by atoms with E-state index in [0.29, 0.717) is 46.9 Å². The van der Waals surface area contributed by atoms with E-state index in [1.165, 1.54) is 7.11 Å². The lowest BCUT2D eigenvalue weighted by atomic mass is 10.1. The largest absolute Gasteiger partial charge is 0.497 e. The fraction of sp³-hybridized carbons (Fsp3) is 0.348. The second-order valence-electron chi connectivity index (χ2n) is 7.07. The van der Waals surface area contributed by atoms with Gasteiger partial charge in [0.25, 0.3) is 5.56 Å². The summed E-state index contributed by atoms with van der Waals surface area (Å²) in [4.78, 5) is 32.4. The molecule has 0 fully saturated rings. The van der Waals surface area contributed by atoms with Gasteiger partial charge >= 0.3 is 6.03 Å². The van der Waals surface area contributed by atoms with Gasteiger partial charge in [-0.2, -0.15) is 0 Å². The van der Waals surface area contributed by atoms with Crippen LogP contribution in [0.4, 0.5) is 10.5 Å². The van der Waals surface area contributed by atoms with E-state index < -0.39 is 0 Å². The molecule has 0 aliphatic heterocycles. The maximum atomic E-state index is 13.1. The van der Waals surface area contributed by atoms with E-state index in [1.54, 1.807) is 47.9 Å². The Kier molecular flexibility index (Phi) is 6.79. The SMILES string of the molecule is CCC(c1nc2ccccc2c(=O)n1CC)N(C)C(=O)Nc1ccc(OC)cc1OC. The lowest BCUT2D eigenvalue weighted by Gasteiger charge is -2.29. The van der Waals surface area contributed by atoms with Crippen molar-refractivity contribution in [2.24, 2.45) is 0 Å². The van der Waals surface area contributed by atoms with E-state index in [1.807, 2.05) is 32.0 Å². The van der Waals surface area contributed by atoms with Crippen LogP contribution >= 0.6 is 0 Å². The Labute approximate surface area is 181 Å².